The number of nitrogens with one attached hydrogen (secondary N) is 1. The number of hydrogen-bond donors (Lipinski definition) is 1. The maximum Gasteiger partial charge on any atom is 0.145 e. The van der Waals surface area contributed by atoms with Gasteiger partial charge >= 0.3 is 0 Å². The van der Waals surface area contributed by atoms with Crippen molar-refractivity contribution in [2.75, 3.05) is 11.9 Å². The van der Waals surface area contributed by atoms with Crippen molar-refractivity contribution in [1.82, 2.24) is 9.97 Å². The molecule has 0 spiro atoms. The summed E-state index contributed by atoms with van der Waals surface area (Å²) in [5, 5.41) is 3.39. The molecule has 0 fully saturated rings. The second kappa shape index (κ2) is 5.10. The number of rotatable bonds is 3. The first-order valence-electron chi connectivity index (χ1n) is 5.21. The molecule has 0 bridgehead atoms. The van der Waals surface area contributed by atoms with Gasteiger partial charge in [0, 0.05) is 17.1 Å². The highest BCUT2D eigenvalue weighted by atomic mass is 35.5. The molecule has 0 saturated heterocycles. The highest BCUT2D eigenvalue weighted by Crippen LogP contribution is 2.23. The van der Waals surface area contributed by atoms with Gasteiger partial charge in [0.15, 0.2) is 0 Å². The minimum absolute atomic E-state index is 0.343. The van der Waals surface area contributed by atoms with Crippen molar-refractivity contribution >= 4 is 17.4 Å². The molecule has 0 radical (unpaired) electrons. The van der Waals surface area contributed by atoms with E-state index in [1.807, 2.05) is 6.92 Å². The van der Waals surface area contributed by atoms with Crippen molar-refractivity contribution in [3.05, 3.63) is 41.4 Å². The Hall–Kier alpha value is -1.68. The Morgan fingerprint density at radius 3 is 2.82 bits per heavy atom. The summed E-state index contributed by atoms with van der Waals surface area (Å²) < 4.78 is 13.2. The summed E-state index contributed by atoms with van der Waals surface area (Å²) in [6.45, 7) is 2.72. The van der Waals surface area contributed by atoms with Gasteiger partial charge in [-0.25, -0.2) is 9.37 Å². The van der Waals surface area contributed by atoms with Crippen LogP contribution in [0.4, 0.5) is 10.2 Å². The lowest BCUT2D eigenvalue weighted by molar-refractivity contribution is 0.628. The first-order valence-corrected chi connectivity index (χ1v) is 5.59. The van der Waals surface area contributed by atoms with Gasteiger partial charge < -0.3 is 5.32 Å². The average molecular weight is 252 g/mol. The number of anilines is 1. The highest BCUT2D eigenvalue weighted by molar-refractivity contribution is 6.30. The smallest absolute Gasteiger partial charge is 0.145 e. The van der Waals surface area contributed by atoms with E-state index in [0.717, 1.165) is 6.54 Å². The van der Waals surface area contributed by atoms with Crippen LogP contribution in [-0.4, -0.2) is 16.5 Å². The van der Waals surface area contributed by atoms with Crippen molar-refractivity contribution in [1.29, 1.82) is 0 Å². The van der Waals surface area contributed by atoms with Crippen molar-refractivity contribution < 1.29 is 4.39 Å². The summed E-state index contributed by atoms with van der Waals surface area (Å²) in [5.41, 5.74) is 1.20. The minimum Gasteiger partial charge on any atom is -0.369 e. The SMILES string of the molecule is CCNc1cncc(-c2cc(F)cc(Cl)c2)n1. The molecule has 17 heavy (non-hydrogen) atoms. The van der Waals surface area contributed by atoms with E-state index in [-0.39, 0.29) is 5.82 Å². The number of halogens is 2. The number of aromatic nitrogens is 2. The predicted molar refractivity (Wildman–Crippen MR) is 66.6 cm³/mol. The third-order valence-corrected chi connectivity index (χ3v) is 2.37. The summed E-state index contributed by atoms with van der Waals surface area (Å²) in [4.78, 5) is 8.36. The third kappa shape index (κ3) is 2.91. The van der Waals surface area contributed by atoms with Gasteiger partial charge in [0.25, 0.3) is 0 Å². The van der Waals surface area contributed by atoms with E-state index in [1.165, 1.54) is 12.1 Å². The van der Waals surface area contributed by atoms with E-state index in [4.69, 9.17) is 11.6 Å². The molecule has 2 aromatic rings. The fourth-order valence-corrected chi connectivity index (χ4v) is 1.69. The van der Waals surface area contributed by atoms with E-state index < -0.39 is 0 Å². The van der Waals surface area contributed by atoms with Crippen LogP contribution in [0, 0.1) is 5.82 Å². The van der Waals surface area contributed by atoms with E-state index in [1.54, 1.807) is 18.5 Å². The van der Waals surface area contributed by atoms with Crippen LogP contribution >= 0.6 is 11.6 Å². The van der Waals surface area contributed by atoms with Crippen LogP contribution in [-0.2, 0) is 0 Å². The lowest BCUT2D eigenvalue weighted by atomic mass is 10.1. The van der Waals surface area contributed by atoms with Gasteiger partial charge in [0.2, 0.25) is 0 Å². The Bertz CT molecular complexity index is 511. The Morgan fingerprint density at radius 2 is 2.12 bits per heavy atom. The van der Waals surface area contributed by atoms with Crippen molar-refractivity contribution in [2.24, 2.45) is 0 Å². The van der Waals surface area contributed by atoms with Gasteiger partial charge in [-0.05, 0) is 25.1 Å². The van der Waals surface area contributed by atoms with Gasteiger partial charge in [-0.1, -0.05) is 11.6 Å². The summed E-state index contributed by atoms with van der Waals surface area (Å²) in [6.07, 6.45) is 3.19. The Labute approximate surface area is 104 Å². The number of hydrogen-bond acceptors (Lipinski definition) is 3. The molecule has 0 aliphatic heterocycles. The lowest BCUT2D eigenvalue weighted by Crippen LogP contribution is -2.00. The molecule has 0 amide bonds. The largest absolute Gasteiger partial charge is 0.369 e. The van der Waals surface area contributed by atoms with Crippen LogP contribution in [0.1, 0.15) is 6.92 Å². The second-order valence-corrected chi connectivity index (χ2v) is 3.91. The molecule has 1 N–H and O–H groups in total. The molecular weight excluding hydrogens is 241 g/mol. The molecule has 0 aliphatic carbocycles. The Morgan fingerprint density at radius 1 is 1.29 bits per heavy atom. The van der Waals surface area contributed by atoms with Gasteiger partial charge in [-0.2, -0.15) is 0 Å². The monoisotopic (exact) mass is 251 g/mol. The average Bonchev–Trinajstić information content (AvgIpc) is 2.28. The number of benzene rings is 1. The molecule has 88 valence electrons. The van der Waals surface area contributed by atoms with Crippen LogP contribution < -0.4 is 5.32 Å². The van der Waals surface area contributed by atoms with Gasteiger partial charge in [0.05, 0.1) is 18.1 Å². The topological polar surface area (TPSA) is 37.8 Å². The zero-order valence-electron chi connectivity index (χ0n) is 9.24. The van der Waals surface area contributed by atoms with E-state index in [2.05, 4.69) is 15.3 Å². The molecule has 1 heterocycles. The van der Waals surface area contributed by atoms with E-state index in [0.29, 0.717) is 22.1 Å². The molecular formula is C12H11ClFN3. The highest BCUT2D eigenvalue weighted by Gasteiger charge is 2.05. The molecule has 0 atom stereocenters. The van der Waals surface area contributed by atoms with Crippen molar-refractivity contribution in [2.45, 2.75) is 6.92 Å². The third-order valence-electron chi connectivity index (χ3n) is 2.15. The van der Waals surface area contributed by atoms with E-state index >= 15 is 0 Å². The van der Waals surface area contributed by atoms with Gasteiger partial charge in [-0.3, -0.25) is 4.98 Å². The predicted octanol–water partition coefficient (Wildman–Crippen LogP) is 3.37. The summed E-state index contributed by atoms with van der Waals surface area (Å²) >= 11 is 5.80. The summed E-state index contributed by atoms with van der Waals surface area (Å²) in [6, 6.07) is 4.29. The summed E-state index contributed by atoms with van der Waals surface area (Å²) in [5.74, 6) is 0.272. The van der Waals surface area contributed by atoms with Crippen LogP contribution in [0.5, 0.6) is 0 Å². The molecule has 0 saturated carbocycles. The Balaban J connectivity index is 2.41. The zero-order chi connectivity index (χ0) is 12.3. The van der Waals surface area contributed by atoms with Crippen LogP contribution in [0.2, 0.25) is 5.02 Å². The minimum atomic E-state index is -0.386. The first kappa shape index (κ1) is 11.8. The van der Waals surface area contributed by atoms with Gasteiger partial charge in [0.1, 0.15) is 11.6 Å². The summed E-state index contributed by atoms with van der Waals surface area (Å²) in [7, 11) is 0. The fourth-order valence-electron chi connectivity index (χ4n) is 1.47. The number of nitrogens with zero attached hydrogens (tertiary/aromatic N) is 2. The molecule has 0 unspecified atom stereocenters. The molecule has 3 nitrogen and oxygen atoms in total. The van der Waals surface area contributed by atoms with Crippen molar-refractivity contribution in [3.8, 4) is 11.3 Å². The van der Waals surface area contributed by atoms with Crippen LogP contribution in [0.15, 0.2) is 30.6 Å². The lowest BCUT2D eigenvalue weighted by Gasteiger charge is -2.05. The molecule has 5 heteroatoms. The molecule has 2 rings (SSSR count). The second-order valence-electron chi connectivity index (χ2n) is 3.48. The van der Waals surface area contributed by atoms with E-state index in [9.17, 15) is 4.39 Å². The molecule has 1 aromatic carbocycles. The maximum absolute atomic E-state index is 13.2. The quantitative estimate of drug-likeness (QED) is 0.909. The fraction of sp³-hybridized carbons (Fsp3) is 0.167. The molecule has 0 aliphatic rings. The van der Waals surface area contributed by atoms with Gasteiger partial charge in [-0.15, -0.1) is 0 Å². The van der Waals surface area contributed by atoms with Crippen LogP contribution in [0.3, 0.4) is 0 Å². The normalized spacial score (nSPS) is 10.3. The molecule has 1 aromatic heterocycles. The first-order chi connectivity index (χ1) is 8.19. The van der Waals surface area contributed by atoms with Crippen LogP contribution in [0.25, 0.3) is 11.3 Å². The maximum atomic E-state index is 13.2. The standard InChI is InChI=1S/C12H11ClFN3/c1-2-16-12-7-15-6-11(17-12)8-3-9(13)5-10(14)4-8/h3-7H,2H2,1H3,(H,16,17). The van der Waals surface area contributed by atoms with Crippen molar-refractivity contribution in [3.63, 3.8) is 0 Å². The Kier molecular flexibility index (Phi) is 3.54. The zero-order valence-corrected chi connectivity index (χ0v) is 10.0.